The van der Waals surface area contributed by atoms with Crippen LogP contribution in [0.2, 0.25) is 0 Å². The highest BCUT2D eigenvalue weighted by molar-refractivity contribution is 5.90. The third kappa shape index (κ3) is 3.38. The molecule has 1 N–H and O–H groups in total. The van der Waals surface area contributed by atoms with Crippen LogP contribution >= 0.6 is 0 Å². The molecule has 2 aromatic carbocycles. The lowest BCUT2D eigenvalue weighted by Crippen LogP contribution is -2.05. The predicted molar refractivity (Wildman–Crippen MR) is 103 cm³/mol. The number of hydrogen-bond donors (Lipinski definition) is 1. The molecule has 3 heteroatoms. The van der Waals surface area contributed by atoms with E-state index >= 15 is 0 Å². The molecule has 4 rings (SSSR count). The van der Waals surface area contributed by atoms with Crippen LogP contribution in [-0.4, -0.2) is 16.1 Å². The summed E-state index contributed by atoms with van der Waals surface area (Å²) >= 11 is 0. The number of hydrogen-bond acceptors (Lipinski definition) is 2. The molecule has 0 atom stereocenters. The molecule has 0 aliphatic heterocycles. The van der Waals surface area contributed by atoms with E-state index in [0.29, 0.717) is 17.9 Å². The van der Waals surface area contributed by atoms with Crippen molar-refractivity contribution in [1.29, 1.82) is 0 Å². The Labute approximate surface area is 153 Å². The maximum atomic E-state index is 11.7. The second-order valence-corrected chi connectivity index (χ2v) is 7.05. The average molecular weight is 343 g/mol. The number of benzene rings is 2. The zero-order valence-electron chi connectivity index (χ0n) is 14.8. The lowest BCUT2D eigenvalue weighted by atomic mass is 9.96. The van der Waals surface area contributed by atoms with Gasteiger partial charge in [0, 0.05) is 11.8 Å². The van der Waals surface area contributed by atoms with E-state index in [1.54, 1.807) is 0 Å². The number of carboxylic acid groups (broad SMARTS) is 1. The van der Waals surface area contributed by atoms with E-state index in [-0.39, 0.29) is 0 Å². The molecule has 3 aromatic rings. The van der Waals surface area contributed by atoms with E-state index in [2.05, 4.69) is 17.1 Å². The molecule has 1 saturated carbocycles. The van der Waals surface area contributed by atoms with Crippen molar-refractivity contribution >= 4 is 5.97 Å². The zero-order valence-corrected chi connectivity index (χ0v) is 14.8. The van der Waals surface area contributed by atoms with E-state index in [9.17, 15) is 9.90 Å². The molecule has 0 amide bonds. The summed E-state index contributed by atoms with van der Waals surface area (Å²) in [5.74, 6) is -0.302. The third-order valence-electron chi connectivity index (χ3n) is 4.99. The molecule has 0 bridgehead atoms. The molecule has 0 radical (unpaired) electrons. The fourth-order valence-corrected chi connectivity index (χ4v) is 3.47. The lowest BCUT2D eigenvalue weighted by molar-refractivity contribution is 0.0695. The maximum Gasteiger partial charge on any atom is 0.335 e. The van der Waals surface area contributed by atoms with Crippen LogP contribution in [0.1, 0.15) is 51.4 Å². The van der Waals surface area contributed by atoms with Gasteiger partial charge in [0.15, 0.2) is 0 Å². The van der Waals surface area contributed by atoms with Gasteiger partial charge in [-0.1, -0.05) is 48.5 Å². The van der Waals surface area contributed by atoms with Crippen LogP contribution in [0.25, 0.3) is 11.3 Å². The molecule has 3 nitrogen and oxygen atoms in total. The molecule has 1 aromatic heterocycles. The van der Waals surface area contributed by atoms with Gasteiger partial charge in [0.1, 0.15) is 0 Å². The lowest BCUT2D eigenvalue weighted by Gasteiger charge is -2.11. The minimum absolute atomic E-state index is 0.416. The monoisotopic (exact) mass is 343 g/mol. The number of rotatable bonds is 5. The van der Waals surface area contributed by atoms with Gasteiger partial charge in [-0.25, -0.2) is 4.79 Å². The highest BCUT2D eigenvalue weighted by atomic mass is 16.4. The highest BCUT2D eigenvalue weighted by Gasteiger charge is 2.25. The Morgan fingerprint density at radius 1 is 1.12 bits per heavy atom. The first-order valence-corrected chi connectivity index (χ1v) is 8.99. The molecule has 0 spiro atoms. The second-order valence-electron chi connectivity index (χ2n) is 7.05. The van der Waals surface area contributed by atoms with Crippen molar-refractivity contribution in [2.45, 2.75) is 32.1 Å². The molecule has 1 aliphatic rings. The van der Waals surface area contributed by atoms with Gasteiger partial charge in [0.2, 0.25) is 0 Å². The van der Waals surface area contributed by atoms with Crippen LogP contribution in [0.15, 0.2) is 60.8 Å². The largest absolute Gasteiger partial charge is 0.478 e. The van der Waals surface area contributed by atoms with E-state index in [1.165, 1.54) is 12.8 Å². The fourth-order valence-electron chi connectivity index (χ4n) is 3.47. The van der Waals surface area contributed by atoms with Gasteiger partial charge in [-0.3, -0.25) is 4.98 Å². The van der Waals surface area contributed by atoms with Crippen molar-refractivity contribution in [2.75, 3.05) is 0 Å². The summed E-state index contributed by atoms with van der Waals surface area (Å²) in [5.41, 5.74) is 6.60. The predicted octanol–water partition coefficient (Wildman–Crippen LogP) is 5.22. The smallest absolute Gasteiger partial charge is 0.335 e. The molecular weight excluding hydrogens is 322 g/mol. The van der Waals surface area contributed by atoms with Crippen LogP contribution in [0.3, 0.4) is 0 Å². The first-order valence-electron chi connectivity index (χ1n) is 8.99. The zero-order chi connectivity index (χ0) is 18.1. The third-order valence-corrected chi connectivity index (χ3v) is 4.99. The van der Waals surface area contributed by atoms with Crippen molar-refractivity contribution < 1.29 is 9.90 Å². The highest BCUT2D eigenvalue weighted by Crippen LogP contribution is 2.40. The Morgan fingerprint density at radius 3 is 2.54 bits per heavy atom. The van der Waals surface area contributed by atoms with Gasteiger partial charge < -0.3 is 5.11 Å². The Hall–Kier alpha value is -2.94. The summed E-state index contributed by atoms with van der Waals surface area (Å²) in [6.07, 6.45) is 4.77. The van der Waals surface area contributed by atoms with Crippen molar-refractivity contribution in [3.8, 4) is 11.3 Å². The summed E-state index contributed by atoms with van der Waals surface area (Å²) in [4.78, 5) is 16.3. The number of aromatic carboxylic acids is 1. The van der Waals surface area contributed by atoms with Gasteiger partial charge in [-0.05, 0) is 60.4 Å². The van der Waals surface area contributed by atoms with E-state index in [4.69, 9.17) is 0 Å². The Morgan fingerprint density at radius 2 is 1.88 bits per heavy atom. The number of nitrogens with zero attached hydrogens (tertiary/aromatic N) is 1. The van der Waals surface area contributed by atoms with E-state index in [0.717, 1.165) is 33.5 Å². The molecule has 1 fully saturated rings. The SMILES string of the molecule is Cc1cc(Cc2ccc(C3CC3)cc2C(=O)O)cnc1-c1ccccc1. The summed E-state index contributed by atoms with van der Waals surface area (Å²) < 4.78 is 0. The van der Waals surface area contributed by atoms with Crippen LogP contribution in [0, 0.1) is 6.92 Å². The van der Waals surface area contributed by atoms with Gasteiger partial charge in [0.05, 0.1) is 11.3 Å². The van der Waals surface area contributed by atoms with Gasteiger partial charge >= 0.3 is 5.97 Å². The average Bonchev–Trinajstić information content (AvgIpc) is 3.48. The summed E-state index contributed by atoms with van der Waals surface area (Å²) in [5, 5.41) is 9.60. The molecule has 1 heterocycles. The standard InChI is InChI=1S/C23H21NO2/c1-15-11-16(14-24-22(15)18-5-3-2-4-6-18)12-20-10-9-19(17-7-8-17)13-21(20)23(25)26/h2-6,9-11,13-14,17H,7-8,12H2,1H3,(H,25,26). The summed E-state index contributed by atoms with van der Waals surface area (Å²) in [6.45, 7) is 2.05. The maximum absolute atomic E-state index is 11.7. The molecule has 130 valence electrons. The van der Waals surface area contributed by atoms with Gasteiger partial charge in [-0.15, -0.1) is 0 Å². The first kappa shape index (κ1) is 16.5. The second kappa shape index (κ2) is 6.75. The normalized spacial score (nSPS) is 13.6. The summed E-state index contributed by atoms with van der Waals surface area (Å²) in [6, 6.07) is 18.1. The van der Waals surface area contributed by atoms with Crippen molar-refractivity contribution in [3.63, 3.8) is 0 Å². The minimum Gasteiger partial charge on any atom is -0.478 e. The number of carboxylic acids is 1. The van der Waals surface area contributed by atoms with E-state index in [1.807, 2.05) is 55.6 Å². The number of aromatic nitrogens is 1. The molecular formula is C23H21NO2. The Kier molecular flexibility index (Phi) is 4.29. The number of pyridine rings is 1. The van der Waals surface area contributed by atoms with E-state index < -0.39 is 5.97 Å². The Balaban J connectivity index is 1.63. The molecule has 1 aliphatic carbocycles. The number of aryl methyl sites for hydroxylation is 1. The van der Waals surface area contributed by atoms with Crippen LogP contribution in [-0.2, 0) is 6.42 Å². The molecule has 0 unspecified atom stereocenters. The van der Waals surface area contributed by atoms with Crippen LogP contribution in [0.5, 0.6) is 0 Å². The van der Waals surface area contributed by atoms with Crippen molar-refractivity contribution in [2.24, 2.45) is 0 Å². The minimum atomic E-state index is -0.854. The topological polar surface area (TPSA) is 50.2 Å². The van der Waals surface area contributed by atoms with Gasteiger partial charge in [-0.2, -0.15) is 0 Å². The fraction of sp³-hybridized carbons (Fsp3) is 0.217. The van der Waals surface area contributed by atoms with Crippen molar-refractivity contribution in [3.05, 3.63) is 88.6 Å². The molecule has 26 heavy (non-hydrogen) atoms. The number of carbonyl (C=O) groups is 1. The Bertz CT molecular complexity index is 959. The van der Waals surface area contributed by atoms with Gasteiger partial charge in [0.25, 0.3) is 0 Å². The van der Waals surface area contributed by atoms with Crippen molar-refractivity contribution in [1.82, 2.24) is 4.98 Å². The molecule has 0 saturated heterocycles. The van der Waals surface area contributed by atoms with Crippen LogP contribution in [0.4, 0.5) is 0 Å². The quantitative estimate of drug-likeness (QED) is 0.690. The summed E-state index contributed by atoms with van der Waals surface area (Å²) in [7, 11) is 0. The first-order chi connectivity index (χ1) is 12.6. The van der Waals surface area contributed by atoms with Crippen LogP contribution < -0.4 is 0 Å².